The molecule has 2 rings (SSSR count). The number of nitrogens with one attached hydrogen (secondary N) is 1. The number of carboxylic acid groups (broad SMARTS) is 1. The molecule has 20 heavy (non-hydrogen) atoms. The van der Waals surface area contributed by atoms with Crippen molar-refractivity contribution in [2.45, 2.75) is 19.3 Å². The minimum absolute atomic E-state index is 0.182. The van der Waals surface area contributed by atoms with E-state index in [1.54, 1.807) is 4.90 Å². The first-order chi connectivity index (χ1) is 9.56. The molecule has 1 saturated heterocycles. The Morgan fingerprint density at radius 1 is 1.50 bits per heavy atom. The number of likely N-dealkylation sites (tertiary alicyclic amines) is 1. The van der Waals surface area contributed by atoms with Crippen LogP contribution in [0.25, 0.3) is 0 Å². The van der Waals surface area contributed by atoms with Crippen molar-refractivity contribution in [3.05, 3.63) is 21.3 Å². The fraction of sp³-hybridized carbons (Fsp3) is 0.538. The summed E-state index contributed by atoms with van der Waals surface area (Å²) in [7, 11) is 0. The zero-order valence-corrected chi connectivity index (χ0v) is 12.5. The predicted octanol–water partition coefficient (Wildman–Crippen LogP) is 2.45. The molecule has 0 aromatic carbocycles. The maximum atomic E-state index is 12.0. The summed E-state index contributed by atoms with van der Waals surface area (Å²) in [6.07, 6.45) is 2.12. The normalized spacial score (nSPS) is 18.9. The van der Waals surface area contributed by atoms with Gasteiger partial charge in [-0.15, -0.1) is 11.3 Å². The fourth-order valence-corrected chi connectivity index (χ4v) is 3.34. The third-order valence-corrected chi connectivity index (χ3v) is 4.63. The number of piperidine rings is 1. The molecule has 0 bridgehead atoms. The monoisotopic (exact) mass is 316 g/mol. The van der Waals surface area contributed by atoms with Crippen LogP contribution in [0.5, 0.6) is 0 Å². The molecular weight excluding hydrogens is 300 g/mol. The minimum atomic E-state index is -0.823. The highest BCUT2D eigenvalue weighted by Gasteiger charge is 2.27. The second-order valence-electron chi connectivity index (χ2n) is 4.81. The van der Waals surface area contributed by atoms with Crippen LogP contribution in [0.4, 0.5) is 4.79 Å². The molecule has 2 N–H and O–H groups in total. The molecule has 1 aromatic heterocycles. The van der Waals surface area contributed by atoms with E-state index in [-0.39, 0.29) is 6.03 Å². The zero-order valence-electron chi connectivity index (χ0n) is 11.0. The molecule has 0 spiro atoms. The number of nitrogens with zero attached hydrogens (tertiary/aromatic N) is 1. The van der Waals surface area contributed by atoms with Gasteiger partial charge in [-0.3, -0.25) is 4.79 Å². The highest BCUT2D eigenvalue weighted by atomic mass is 35.5. The Balaban J connectivity index is 1.75. The summed E-state index contributed by atoms with van der Waals surface area (Å²) in [6.45, 7) is 1.45. The number of carbonyl (C=O) groups is 2. The van der Waals surface area contributed by atoms with Gasteiger partial charge < -0.3 is 15.3 Å². The van der Waals surface area contributed by atoms with Crippen molar-refractivity contribution in [3.8, 4) is 0 Å². The van der Waals surface area contributed by atoms with Gasteiger partial charge in [-0.25, -0.2) is 4.79 Å². The van der Waals surface area contributed by atoms with Crippen LogP contribution in [0.3, 0.4) is 0 Å². The number of carbonyl (C=O) groups excluding carboxylic acids is 1. The van der Waals surface area contributed by atoms with Gasteiger partial charge in [-0.2, -0.15) is 0 Å². The van der Waals surface area contributed by atoms with Crippen LogP contribution in [0.2, 0.25) is 4.34 Å². The zero-order chi connectivity index (χ0) is 14.5. The number of amides is 2. The smallest absolute Gasteiger partial charge is 0.317 e. The van der Waals surface area contributed by atoms with E-state index in [0.717, 1.165) is 22.1 Å². The molecule has 0 saturated carbocycles. The summed E-state index contributed by atoms with van der Waals surface area (Å²) in [6, 6.07) is 3.60. The molecule has 1 aliphatic rings. The van der Waals surface area contributed by atoms with Gasteiger partial charge in [0.1, 0.15) is 0 Å². The second-order valence-corrected chi connectivity index (χ2v) is 6.61. The van der Waals surface area contributed by atoms with Crippen molar-refractivity contribution in [1.82, 2.24) is 10.2 Å². The first-order valence-corrected chi connectivity index (χ1v) is 7.75. The van der Waals surface area contributed by atoms with Gasteiger partial charge in [0, 0.05) is 24.5 Å². The molecule has 1 aromatic rings. The third kappa shape index (κ3) is 4.11. The molecule has 1 fully saturated rings. The Morgan fingerprint density at radius 3 is 2.95 bits per heavy atom. The lowest BCUT2D eigenvalue weighted by Gasteiger charge is -2.30. The van der Waals surface area contributed by atoms with E-state index in [0.29, 0.717) is 26.1 Å². The first kappa shape index (κ1) is 15.1. The number of urea groups is 1. The molecule has 0 aliphatic carbocycles. The SMILES string of the molecule is O=C(O)C1CCCN(C(=O)NCCc2ccc(Cl)s2)C1. The Morgan fingerprint density at radius 2 is 2.30 bits per heavy atom. The standard InChI is InChI=1S/C13H17ClN2O3S/c14-11-4-3-10(20-11)5-6-15-13(19)16-7-1-2-9(8-16)12(17)18/h3-4,9H,1-2,5-8H2,(H,15,19)(H,17,18). The van der Waals surface area contributed by atoms with Crippen LogP contribution in [0.15, 0.2) is 12.1 Å². The molecule has 7 heteroatoms. The maximum Gasteiger partial charge on any atom is 0.317 e. The van der Waals surface area contributed by atoms with Crippen LogP contribution >= 0.6 is 22.9 Å². The van der Waals surface area contributed by atoms with Crippen LogP contribution < -0.4 is 5.32 Å². The molecule has 5 nitrogen and oxygen atoms in total. The van der Waals surface area contributed by atoms with E-state index in [4.69, 9.17) is 16.7 Å². The van der Waals surface area contributed by atoms with Crippen LogP contribution in [0, 0.1) is 5.92 Å². The summed E-state index contributed by atoms with van der Waals surface area (Å²) >= 11 is 7.34. The Bertz CT molecular complexity index is 492. The van der Waals surface area contributed by atoms with Gasteiger partial charge in [0.2, 0.25) is 0 Å². The lowest BCUT2D eigenvalue weighted by atomic mass is 9.99. The van der Waals surface area contributed by atoms with Crippen molar-refractivity contribution < 1.29 is 14.7 Å². The van der Waals surface area contributed by atoms with E-state index < -0.39 is 11.9 Å². The van der Waals surface area contributed by atoms with Crippen LogP contribution in [-0.4, -0.2) is 41.6 Å². The van der Waals surface area contributed by atoms with Gasteiger partial charge >= 0.3 is 12.0 Å². The summed E-state index contributed by atoms with van der Waals surface area (Å²) in [5.74, 6) is -1.26. The largest absolute Gasteiger partial charge is 0.481 e. The van der Waals surface area contributed by atoms with Crippen LogP contribution in [-0.2, 0) is 11.2 Å². The van der Waals surface area contributed by atoms with E-state index in [9.17, 15) is 9.59 Å². The molecule has 1 aliphatic heterocycles. The number of halogens is 1. The summed E-state index contributed by atoms with van der Waals surface area (Å²) in [4.78, 5) is 25.6. The number of carboxylic acids is 1. The van der Waals surface area contributed by atoms with Gasteiger partial charge in [0.25, 0.3) is 0 Å². The average Bonchev–Trinajstić information content (AvgIpc) is 2.84. The molecule has 2 amide bonds. The molecule has 2 heterocycles. The lowest BCUT2D eigenvalue weighted by Crippen LogP contribution is -2.47. The van der Waals surface area contributed by atoms with Crippen molar-refractivity contribution in [2.24, 2.45) is 5.92 Å². The lowest BCUT2D eigenvalue weighted by molar-refractivity contribution is -0.143. The average molecular weight is 317 g/mol. The van der Waals surface area contributed by atoms with E-state index in [2.05, 4.69) is 5.32 Å². The topological polar surface area (TPSA) is 69.6 Å². The molecular formula is C13H17ClN2O3S. The van der Waals surface area contributed by atoms with E-state index in [1.807, 2.05) is 12.1 Å². The van der Waals surface area contributed by atoms with Crippen molar-refractivity contribution in [1.29, 1.82) is 0 Å². The minimum Gasteiger partial charge on any atom is -0.481 e. The molecule has 110 valence electrons. The number of thiophene rings is 1. The highest BCUT2D eigenvalue weighted by Crippen LogP contribution is 2.21. The third-order valence-electron chi connectivity index (χ3n) is 3.33. The molecule has 1 atom stereocenters. The summed E-state index contributed by atoms with van der Waals surface area (Å²) in [5.41, 5.74) is 0. The number of hydrogen-bond donors (Lipinski definition) is 2. The Kier molecular flexibility index (Phi) is 5.25. The van der Waals surface area contributed by atoms with E-state index in [1.165, 1.54) is 11.3 Å². The Hall–Kier alpha value is -1.27. The first-order valence-electron chi connectivity index (χ1n) is 6.56. The summed E-state index contributed by atoms with van der Waals surface area (Å²) in [5, 5.41) is 11.8. The van der Waals surface area contributed by atoms with E-state index >= 15 is 0 Å². The van der Waals surface area contributed by atoms with Gasteiger partial charge in [-0.05, 0) is 31.4 Å². The Labute approximate surface area is 126 Å². The van der Waals surface area contributed by atoms with Gasteiger partial charge in [-0.1, -0.05) is 11.6 Å². The summed E-state index contributed by atoms with van der Waals surface area (Å²) < 4.78 is 0.742. The van der Waals surface area contributed by atoms with Gasteiger partial charge in [0.15, 0.2) is 0 Å². The van der Waals surface area contributed by atoms with Crippen molar-refractivity contribution >= 4 is 34.9 Å². The number of aliphatic carboxylic acids is 1. The van der Waals surface area contributed by atoms with Crippen molar-refractivity contribution in [2.75, 3.05) is 19.6 Å². The van der Waals surface area contributed by atoms with Gasteiger partial charge in [0.05, 0.1) is 10.3 Å². The predicted molar refractivity (Wildman–Crippen MR) is 78.4 cm³/mol. The highest BCUT2D eigenvalue weighted by molar-refractivity contribution is 7.16. The molecule has 1 unspecified atom stereocenters. The maximum absolute atomic E-state index is 12.0. The number of hydrogen-bond acceptors (Lipinski definition) is 3. The fourth-order valence-electron chi connectivity index (χ4n) is 2.25. The van der Waals surface area contributed by atoms with Crippen LogP contribution in [0.1, 0.15) is 17.7 Å². The molecule has 0 radical (unpaired) electrons. The van der Waals surface area contributed by atoms with Crippen molar-refractivity contribution in [3.63, 3.8) is 0 Å². The second kappa shape index (κ2) is 6.95. The number of rotatable bonds is 4. The quantitative estimate of drug-likeness (QED) is 0.896.